The van der Waals surface area contributed by atoms with Crippen LogP contribution in [-0.4, -0.2) is 36.2 Å². The molecule has 3 nitrogen and oxygen atoms in total. The van der Waals surface area contributed by atoms with Gasteiger partial charge in [-0.15, -0.1) is 0 Å². The third-order valence-electron chi connectivity index (χ3n) is 2.00. The van der Waals surface area contributed by atoms with Crippen molar-refractivity contribution in [2.75, 3.05) is 26.2 Å². The van der Waals surface area contributed by atoms with Crippen LogP contribution in [0.1, 0.15) is 20.3 Å². The summed E-state index contributed by atoms with van der Waals surface area (Å²) >= 11 is 0. The van der Waals surface area contributed by atoms with Crippen molar-refractivity contribution in [2.24, 2.45) is 0 Å². The normalized spacial score (nSPS) is 30.7. The summed E-state index contributed by atoms with van der Waals surface area (Å²) in [5.41, 5.74) is 3.34. The highest BCUT2D eigenvalue weighted by Gasteiger charge is 2.32. The van der Waals surface area contributed by atoms with E-state index in [1.807, 2.05) is 6.92 Å². The lowest BCUT2D eigenvalue weighted by Gasteiger charge is -2.38. The maximum absolute atomic E-state index is 5.76. The van der Waals surface area contributed by atoms with Gasteiger partial charge in [-0.05, 0) is 35.0 Å². The Balaban J connectivity index is 2.33. The maximum atomic E-state index is 5.76. The van der Waals surface area contributed by atoms with Crippen LogP contribution in [0.15, 0.2) is 0 Å². The van der Waals surface area contributed by atoms with Crippen LogP contribution >= 0.6 is 21.7 Å². The number of morpholine rings is 1. The van der Waals surface area contributed by atoms with Gasteiger partial charge < -0.3 is 4.74 Å². The van der Waals surface area contributed by atoms with E-state index in [-0.39, 0.29) is 4.93 Å². The fraction of sp³-hybridized carbons (Fsp3) is 1.00. The molecule has 0 bridgehead atoms. The minimum atomic E-state index is -0.263. The molecule has 0 amide bonds. The molecule has 1 aliphatic heterocycles. The van der Waals surface area contributed by atoms with Crippen molar-refractivity contribution < 1.29 is 4.74 Å². The van der Waals surface area contributed by atoms with Crippen molar-refractivity contribution in [3.05, 3.63) is 0 Å². The number of hydrogen-bond donors (Lipinski definition) is 1. The zero-order valence-electron chi connectivity index (χ0n) is 8.18. The Labute approximate surface area is 88.6 Å². The molecular formula is C8H17ClN2OS. The highest BCUT2D eigenvalue weighted by molar-refractivity contribution is 8.22. The average molecular weight is 225 g/mol. The van der Waals surface area contributed by atoms with Gasteiger partial charge in [0, 0.05) is 13.1 Å². The van der Waals surface area contributed by atoms with E-state index in [1.165, 1.54) is 11.0 Å². The van der Waals surface area contributed by atoms with E-state index in [2.05, 4.69) is 17.4 Å². The lowest BCUT2D eigenvalue weighted by Crippen LogP contribution is -2.53. The van der Waals surface area contributed by atoms with Crippen molar-refractivity contribution in [1.29, 1.82) is 0 Å². The minimum absolute atomic E-state index is 0.263. The van der Waals surface area contributed by atoms with E-state index < -0.39 is 0 Å². The second-order valence-corrected chi connectivity index (χ2v) is 4.87. The van der Waals surface area contributed by atoms with Gasteiger partial charge in [-0.25, -0.2) is 5.01 Å². The van der Waals surface area contributed by atoms with E-state index in [0.29, 0.717) is 0 Å². The molecule has 0 saturated carbocycles. The molecule has 1 heterocycles. The molecule has 1 rings (SSSR count). The molecular weight excluding hydrogens is 208 g/mol. The Morgan fingerprint density at radius 2 is 2.46 bits per heavy atom. The van der Waals surface area contributed by atoms with Crippen LogP contribution in [0.5, 0.6) is 0 Å². The fourth-order valence-corrected chi connectivity index (χ4v) is 1.91. The second-order valence-electron chi connectivity index (χ2n) is 3.39. The Morgan fingerprint density at radius 3 is 3.08 bits per heavy atom. The van der Waals surface area contributed by atoms with Gasteiger partial charge in [0.25, 0.3) is 0 Å². The SMILES string of the molecule is CCCNN1CCOC(C)(SCl)C1. The summed E-state index contributed by atoms with van der Waals surface area (Å²) in [4.78, 5) is -0.263. The predicted molar refractivity (Wildman–Crippen MR) is 57.7 cm³/mol. The number of ether oxygens (including phenoxy) is 1. The quantitative estimate of drug-likeness (QED) is 0.788. The molecule has 0 aromatic carbocycles. The van der Waals surface area contributed by atoms with Gasteiger partial charge in [-0.3, -0.25) is 5.43 Å². The number of rotatable bonds is 4. The molecule has 1 fully saturated rings. The summed E-state index contributed by atoms with van der Waals surface area (Å²) in [5, 5.41) is 2.18. The predicted octanol–water partition coefficient (Wildman–Crippen LogP) is 1.84. The van der Waals surface area contributed by atoms with Crippen molar-refractivity contribution in [3.63, 3.8) is 0 Å². The first-order valence-electron chi connectivity index (χ1n) is 4.62. The molecule has 0 spiro atoms. The third kappa shape index (κ3) is 3.64. The largest absolute Gasteiger partial charge is 0.361 e. The average Bonchev–Trinajstić information content (AvgIpc) is 2.15. The zero-order chi connectivity index (χ0) is 9.73. The van der Waals surface area contributed by atoms with Gasteiger partial charge >= 0.3 is 0 Å². The van der Waals surface area contributed by atoms with Crippen LogP contribution in [0.25, 0.3) is 0 Å². The molecule has 1 N–H and O–H groups in total. The molecule has 1 atom stereocenters. The standard InChI is InChI=1S/C8H17ClN2OS/c1-3-4-10-11-5-6-12-8(2,7-11)13-9/h10H,3-7H2,1-2H3. The number of nitrogens with zero attached hydrogens (tertiary/aromatic N) is 1. The van der Waals surface area contributed by atoms with Gasteiger partial charge in [0.2, 0.25) is 0 Å². The zero-order valence-corrected chi connectivity index (χ0v) is 9.75. The van der Waals surface area contributed by atoms with Gasteiger partial charge in [0.05, 0.1) is 13.2 Å². The van der Waals surface area contributed by atoms with Gasteiger partial charge in [-0.2, -0.15) is 0 Å². The molecule has 1 saturated heterocycles. The lowest BCUT2D eigenvalue weighted by atomic mass is 10.3. The molecule has 5 heteroatoms. The molecule has 78 valence electrons. The van der Waals surface area contributed by atoms with Crippen LogP contribution in [0.4, 0.5) is 0 Å². The van der Waals surface area contributed by atoms with E-state index >= 15 is 0 Å². The van der Waals surface area contributed by atoms with E-state index in [1.54, 1.807) is 0 Å². The van der Waals surface area contributed by atoms with Crippen LogP contribution in [0.2, 0.25) is 0 Å². The second kappa shape index (κ2) is 5.41. The first-order valence-corrected chi connectivity index (χ1v) is 6.26. The lowest BCUT2D eigenvalue weighted by molar-refractivity contribution is -0.0574. The van der Waals surface area contributed by atoms with E-state index in [0.717, 1.165) is 32.7 Å². The van der Waals surface area contributed by atoms with Gasteiger partial charge in [-0.1, -0.05) is 6.92 Å². The molecule has 0 aliphatic carbocycles. The van der Waals surface area contributed by atoms with Crippen LogP contribution in [0.3, 0.4) is 0 Å². The van der Waals surface area contributed by atoms with Crippen molar-refractivity contribution in [2.45, 2.75) is 25.2 Å². The first-order chi connectivity index (χ1) is 6.20. The highest BCUT2D eigenvalue weighted by atomic mass is 35.7. The van der Waals surface area contributed by atoms with Crippen LogP contribution < -0.4 is 5.43 Å². The Morgan fingerprint density at radius 1 is 1.69 bits per heavy atom. The molecule has 13 heavy (non-hydrogen) atoms. The number of halogens is 1. The van der Waals surface area contributed by atoms with E-state index in [4.69, 9.17) is 15.4 Å². The number of nitrogens with one attached hydrogen (secondary N) is 1. The molecule has 0 radical (unpaired) electrons. The summed E-state index contributed by atoms with van der Waals surface area (Å²) in [6.45, 7) is 7.71. The fourth-order valence-electron chi connectivity index (χ4n) is 1.29. The highest BCUT2D eigenvalue weighted by Crippen LogP contribution is 2.32. The number of hydrazine groups is 1. The van der Waals surface area contributed by atoms with Crippen molar-refractivity contribution in [1.82, 2.24) is 10.4 Å². The molecule has 1 aliphatic rings. The maximum Gasteiger partial charge on any atom is 0.139 e. The van der Waals surface area contributed by atoms with Crippen molar-refractivity contribution in [3.8, 4) is 0 Å². The van der Waals surface area contributed by atoms with E-state index in [9.17, 15) is 0 Å². The summed E-state index contributed by atoms with van der Waals surface area (Å²) < 4.78 is 5.57. The summed E-state index contributed by atoms with van der Waals surface area (Å²) in [6.07, 6.45) is 1.14. The van der Waals surface area contributed by atoms with Crippen LogP contribution in [0, 0.1) is 0 Å². The smallest absolute Gasteiger partial charge is 0.139 e. The monoisotopic (exact) mass is 224 g/mol. The summed E-state index contributed by atoms with van der Waals surface area (Å²) in [5.74, 6) is 0. The Kier molecular flexibility index (Phi) is 4.83. The molecule has 1 unspecified atom stereocenters. The van der Waals surface area contributed by atoms with Crippen LogP contribution in [-0.2, 0) is 4.74 Å². The summed E-state index contributed by atoms with van der Waals surface area (Å²) in [6, 6.07) is 0. The first kappa shape index (κ1) is 11.6. The Hall–Kier alpha value is 0.520. The molecule has 0 aromatic heterocycles. The third-order valence-corrected chi connectivity index (χ3v) is 3.55. The minimum Gasteiger partial charge on any atom is -0.361 e. The van der Waals surface area contributed by atoms with Crippen molar-refractivity contribution >= 4 is 21.7 Å². The molecule has 0 aromatic rings. The summed E-state index contributed by atoms with van der Waals surface area (Å²) in [7, 11) is 7.01. The van der Waals surface area contributed by atoms with Gasteiger partial charge in [0.1, 0.15) is 4.93 Å². The van der Waals surface area contributed by atoms with Gasteiger partial charge in [0.15, 0.2) is 0 Å². The Bertz CT molecular complexity index is 161. The topological polar surface area (TPSA) is 24.5 Å². The number of hydrogen-bond acceptors (Lipinski definition) is 4.